The van der Waals surface area contributed by atoms with E-state index < -0.39 is 6.04 Å². The van der Waals surface area contributed by atoms with Crippen molar-refractivity contribution in [2.45, 2.75) is 19.9 Å². The van der Waals surface area contributed by atoms with E-state index >= 15 is 0 Å². The first-order valence-electron chi connectivity index (χ1n) is 8.98. The number of rotatable bonds is 4. The molecule has 2 heterocycles. The first-order chi connectivity index (χ1) is 13.4. The number of aryl methyl sites for hydroxylation is 2. The topological polar surface area (TPSA) is 69.2 Å². The monoisotopic (exact) mass is 377 g/mol. The smallest absolute Gasteiger partial charge is 0.273 e. The minimum absolute atomic E-state index is 0.110. The van der Waals surface area contributed by atoms with Crippen LogP contribution in [0.5, 0.6) is 5.75 Å². The van der Waals surface area contributed by atoms with Gasteiger partial charge in [0.05, 0.1) is 6.04 Å². The van der Waals surface area contributed by atoms with Gasteiger partial charge in [0.2, 0.25) is 0 Å². The first kappa shape index (κ1) is 18.0. The molecule has 0 unspecified atom stereocenters. The average Bonchev–Trinajstić information content (AvgIpc) is 3.16. The second-order valence-electron chi connectivity index (χ2n) is 7.04. The number of benzene rings is 2. The molecule has 0 saturated carbocycles. The normalized spacial score (nSPS) is 15.8. The molecular formula is C22H20FN3O2. The number of H-pyrrole nitrogens is 1. The number of nitrogens with zero attached hydrogens (tertiary/aromatic N) is 2. The van der Waals surface area contributed by atoms with Gasteiger partial charge in [-0.3, -0.25) is 9.89 Å². The zero-order valence-corrected chi connectivity index (χ0v) is 15.7. The van der Waals surface area contributed by atoms with Gasteiger partial charge in [0.25, 0.3) is 5.91 Å². The minimum Gasteiger partial charge on any atom is -0.507 e. The van der Waals surface area contributed by atoms with Crippen LogP contribution in [-0.4, -0.2) is 32.7 Å². The number of aromatic nitrogens is 2. The van der Waals surface area contributed by atoms with Crippen LogP contribution in [0.3, 0.4) is 0 Å². The molecule has 1 aliphatic rings. The van der Waals surface area contributed by atoms with E-state index in [-0.39, 0.29) is 17.5 Å². The molecule has 1 aromatic heterocycles. The summed E-state index contributed by atoms with van der Waals surface area (Å²) < 4.78 is 13.5. The number of aromatic amines is 1. The van der Waals surface area contributed by atoms with Crippen molar-refractivity contribution in [3.8, 4) is 17.0 Å². The summed E-state index contributed by atoms with van der Waals surface area (Å²) in [6.07, 6.45) is 1.65. The minimum atomic E-state index is -0.449. The molecule has 3 aromatic rings. The maximum Gasteiger partial charge on any atom is 0.273 e. The lowest BCUT2D eigenvalue weighted by molar-refractivity contribution is 0.0764. The van der Waals surface area contributed by atoms with E-state index in [2.05, 4.69) is 16.8 Å². The lowest BCUT2D eigenvalue weighted by atomic mass is 9.93. The van der Waals surface area contributed by atoms with E-state index in [1.54, 1.807) is 29.2 Å². The fourth-order valence-electron chi connectivity index (χ4n) is 3.96. The largest absolute Gasteiger partial charge is 0.507 e. The van der Waals surface area contributed by atoms with Crippen LogP contribution in [0.25, 0.3) is 11.3 Å². The molecule has 4 rings (SSSR count). The lowest BCUT2D eigenvalue weighted by Crippen LogP contribution is -2.29. The Morgan fingerprint density at radius 1 is 1.29 bits per heavy atom. The summed E-state index contributed by atoms with van der Waals surface area (Å²) in [4.78, 5) is 14.6. The number of phenolic OH excluding ortho intramolecular Hbond substituents is 1. The Hall–Kier alpha value is -3.41. The van der Waals surface area contributed by atoms with E-state index in [9.17, 15) is 14.3 Å². The Morgan fingerprint density at radius 3 is 2.64 bits per heavy atom. The quantitative estimate of drug-likeness (QED) is 0.667. The van der Waals surface area contributed by atoms with Gasteiger partial charge in [0.15, 0.2) is 0 Å². The van der Waals surface area contributed by atoms with Crippen LogP contribution in [0.4, 0.5) is 4.39 Å². The van der Waals surface area contributed by atoms with Crippen molar-refractivity contribution in [3.05, 3.63) is 82.8 Å². The van der Waals surface area contributed by atoms with Crippen molar-refractivity contribution in [2.75, 3.05) is 6.54 Å². The number of phenols is 1. The van der Waals surface area contributed by atoms with Crippen molar-refractivity contribution in [1.29, 1.82) is 0 Å². The fraction of sp³-hybridized carbons (Fsp3) is 0.182. The standard InChI is InChI=1S/C22H20FN3O2/c1-4-9-26-21(14-5-7-15(23)8-6-14)18-19(24-25-20(18)22(26)28)17-13(3)10-12(2)11-16(17)27/h4-8,10-11,21,27H,1,9H2,2-3H3,(H,24,25)/t21-/m0/s1. The molecule has 6 heteroatoms. The van der Waals surface area contributed by atoms with Gasteiger partial charge in [-0.05, 0) is 48.7 Å². The SMILES string of the molecule is C=CCN1C(=O)c2[nH]nc(-c3c(C)cc(C)cc3O)c2[C@@H]1c1ccc(F)cc1. The van der Waals surface area contributed by atoms with Gasteiger partial charge in [-0.2, -0.15) is 5.10 Å². The van der Waals surface area contributed by atoms with Crippen LogP contribution < -0.4 is 0 Å². The molecule has 2 N–H and O–H groups in total. The van der Waals surface area contributed by atoms with Crippen molar-refractivity contribution < 1.29 is 14.3 Å². The number of hydrogen-bond acceptors (Lipinski definition) is 3. The van der Waals surface area contributed by atoms with Gasteiger partial charge < -0.3 is 10.0 Å². The number of hydrogen-bond donors (Lipinski definition) is 2. The molecular weight excluding hydrogens is 357 g/mol. The highest BCUT2D eigenvalue weighted by atomic mass is 19.1. The molecule has 142 valence electrons. The lowest BCUT2D eigenvalue weighted by Gasteiger charge is -2.25. The average molecular weight is 377 g/mol. The Morgan fingerprint density at radius 2 is 2.00 bits per heavy atom. The third-order valence-electron chi connectivity index (χ3n) is 5.07. The fourth-order valence-corrected chi connectivity index (χ4v) is 3.96. The maximum atomic E-state index is 13.5. The molecule has 1 aliphatic heterocycles. The highest BCUT2D eigenvalue weighted by Crippen LogP contribution is 2.45. The second-order valence-corrected chi connectivity index (χ2v) is 7.04. The maximum absolute atomic E-state index is 13.5. The molecule has 0 fully saturated rings. The number of nitrogens with one attached hydrogen (secondary N) is 1. The second kappa shape index (κ2) is 6.64. The molecule has 1 amide bonds. The highest BCUT2D eigenvalue weighted by molar-refractivity contribution is 6.00. The van der Waals surface area contributed by atoms with Gasteiger partial charge in [0.1, 0.15) is 23.0 Å². The summed E-state index contributed by atoms with van der Waals surface area (Å²) in [6.45, 7) is 7.88. The van der Waals surface area contributed by atoms with Crippen LogP contribution in [0, 0.1) is 19.7 Å². The summed E-state index contributed by atoms with van der Waals surface area (Å²) in [5.41, 5.74) is 4.74. The van der Waals surface area contributed by atoms with Gasteiger partial charge in [0, 0.05) is 17.7 Å². The highest BCUT2D eigenvalue weighted by Gasteiger charge is 2.42. The molecule has 1 atom stereocenters. The van der Waals surface area contributed by atoms with Gasteiger partial charge in [-0.25, -0.2) is 4.39 Å². The molecule has 28 heavy (non-hydrogen) atoms. The van der Waals surface area contributed by atoms with E-state index in [1.807, 2.05) is 19.9 Å². The molecule has 5 nitrogen and oxygen atoms in total. The van der Waals surface area contributed by atoms with Crippen LogP contribution in [0.1, 0.15) is 38.8 Å². The number of fused-ring (bicyclic) bond motifs is 1. The zero-order valence-electron chi connectivity index (χ0n) is 15.7. The molecule has 0 saturated heterocycles. The zero-order chi connectivity index (χ0) is 20.0. The van der Waals surface area contributed by atoms with E-state index in [0.29, 0.717) is 29.1 Å². The Labute approximate surface area is 162 Å². The predicted molar refractivity (Wildman–Crippen MR) is 105 cm³/mol. The van der Waals surface area contributed by atoms with Crippen LogP contribution in [0.15, 0.2) is 49.1 Å². The van der Waals surface area contributed by atoms with Gasteiger partial charge in [-0.15, -0.1) is 6.58 Å². The summed E-state index contributed by atoms with van der Waals surface area (Å²) >= 11 is 0. The van der Waals surface area contributed by atoms with Crippen molar-refractivity contribution in [3.63, 3.8) is 0 Å². The molecule has 2 aromatic carbocycles. The summed E-state index contributed by atoms with van der Waals surface area (Å²) in [7, 11) is 0. The third-order valence-corrected chi connectivity index (χ3v) is 5.07. The van der Waals surface area contributed by atoms with Gasteiger partial charge >= 0.3 is 0 Å². The van der Waals surface area contributed by atoms with Crippen LogP contribution in [-0.2, 0) is 0 Å². The Kier molecular flexibility index (Phi) is 4.26. The number of amides is 1. The first-order valence-corrected chi connectivity index (χ1v) is 8.98. The van der Waals surface area contributed by atoms with E-state index in [4.69, 9.17) is 0 Å². The van der Waals surface area contributed by atoms with Crippen LogP contribution >= 0.6 is 0 Å². The van der Waals surface area contributed by atoms with Gasteiger partial charge in [-0.1, -0.05) is 24.3 Å². The van der Waals surface area contributed by atoms with Crippen LogP contribution in [0.2, 0.25) is 0 Å². The van der Waals surface area contributed by atoms with Crippen molar-refractivity contribution >= 4 is 5.91 Å². The van der Waals surface area contributed by atoms with Crippen molar-refractivity contribution in [2.24, 2.45) is 0 Å². The molecule has 0 radical (unpaired) electrons. The van der Waals surface area contributed by atoms with Crippen molar-refractivity contribution in [1.82, 2.24) is 15.1 Å². The predicted octanol–water partition coefficient (Wildman–Crippen LogP) is 4.27. The molecule has 0 spiro atoms. The number of aromatic hydroxyl groups is 1. The molecule has 0 bridgehead atoms. The number of carbonyl (C=O) groups excluding carboxylic acids is 1. The third kappa shape index (κ3) is 2.69. The Bertz CT molecular complexity index is 1060. The van der Waals surface area contributed by atoms with E-state index in [1.165, 1.54) is 12.1 Å². The summed E-state index contributed by atoms with van der Waals surface area (Å²) in [5, 5.41) is 17.8. The number of halogens is 1. The Balaban J connectivity index is 1.95. The number of carbonyl (C=O) groups is 1. The van der Waals surface area contributed by atoms with E-state index in [0.717, 1.165) is 16.7 Å². The molecule has 0 aliphatic carbocycles. The summed E-state index contributed by atoms with van der Waals surface area (Å²) in [6, 6.07) is 9.26. The summed E-state index contributed by atoms with van der Waals surface area (Å²) in [5.74, 6) is -0.436.